The summed E-state index contributed by atoms with van der Waals surface area (Å²) in [6, 6.07) is 10.8. The van der Waals surface area contributed by atoms with Gasteiger partial charge < -0.3 is 9.73 Å². The van der Waals surface area contributed by atoms with Gasteiger partial charge in [0.05, 0.1) is 18.6 Å². The van der Waals surface area contributed by atoms with E-state index in [-0.39, 0.29) is 0 Å². The van der Waals surface area contributed by atoms with E-state index in [0.717, 1.165) is 6.42 Å². The maximum absolute atomic E-state index is 5.16. The number of rotatable bonds is 2. The molecular weight excluding hydrogens is 210 g/mol. The number of furan rings is 1. The zero-order valence-corrected chi connectivity index (χ0v) is 9.60. The second-order valence-corrected chi connectivity index (χ2v) is 4.42. The number of allylic oxidation sites excluding steroid dienone is 1. The van der Waals surface area contributed by atoms with E-state index in [1.54, 1.807) is 6.26 Å². The van der Waals surface area contributed by atoms with Crippen molar-refractivity contribution in [2.24, 2.45) is 0 Å². The van der Waals surface area contributed by atoms with Gasteiger partial charge in [-0.15, -0.1) is 6.58 Å². The summed E-state index contributed by atoms with van der Waals surface area (Å²) in [5.41, 5.74) is 3.74. The highest BCUT2D eigenvalue weighted by Crippen LogP contribution is 2.40. The zero-order valence-electron chi connectivity index (χ0n) is 9.60. The Labute approximate surface area is 101 Å². The molecule has 2 aromatic rings. The van der Waals surface area contributed by atoms with Crippen LogP contribution in [0.25, 0.3) is 0 Å². The first kappa shape index (κ1) is 10.2. The minimum Gasteiger partial charge on any atom is -0.472 e. The number of anilines is 1. The Morgan fingerprint density at radius 1 is 1.29 bits per heavy atom. The predicted molar refractivity (Wildman–Crippen MR) is 69.1 cm³/mol. The van der Waals surface area contributed by atoms with E-state index in [2.05, 4.69) is 36.2 Å². The first-order valence-corrected chi connectivity index (χ1v) is 5.88. The molecule has 0 saturated heterocycles. The third-order valence-electron chi connectivity index (χ3n) is 3.41. The molecule has 1 aliphatic rings. The van der Waals surface area contributed by atoms with Gasteiger partial charge in [0, 0.05) is 17.2 Å². The van der Waals surface area contributed by atoms with Gasteiger partial charge in [-0.05, 0) is 24.1 Å². The van der Waals surface area contributed by atoms with Crippen molar-refractivity contribution >= 4 is 5.69 Å². The second-order valence-electron chi connectivity index (χ2n) is 4.42. The van der Waals surface area contributed by atoms with Crippen LogP contribution in [-0.2, 0) is 0 Å². The standard InChI is InChI=1S/C15H15NO/c1-2-11-9-15(12-7-8-17-10-12)16-14-6-4-3-5-13(11)14/h2-8,10-11,15-16H,1,9H2/t11-,15-/m0/s1. The molecular formula is C15H15NO. The molecule has 1 aromatic heterocycles. The Morgan fingerprint density at radius 2 is 2.18 bits per heavy atom. The second kappa shape index (κ2) is 4.13. The zero-order chi connectivity index (χ0) is 11.7. The van der Waals surface area contributed by atoms with Crippen molar-refractivity contribution in [1.29, 1.82) is 0 Å². The van der Waals surface area contributed by atoms with Gasteiger partial charge in [-0.1, -0.05) is 24.3 Å². The first-order chi connectivity index (χ1) is 8.38. The molecule has 86 valence electrons. The highest BCUT2D eigenvalue weighted by molar-refractivity contribution is 5.57. The summed E-state index contributed by atoms with van der Waals surface area (Å²) in [5.74, 6) is 0.410. The van der Waals surface area contributed by atoms with Crippen molar-refractivity contribution in [3.05, 3.63) is 66.6 Å². The number of hydrogen-bond acceptors (Lipinski definition) is 2. The Balaban J connectivity index is 1.98. The first-order valence-electron chi connectivity index (χ1n) is 5.88. The largest absolute Gasteiger partial charge is 0.472 e. The van der Waals surface area contributed by atoms with Crippen LogP contribution in [0.2, 0.25) is 0 Å². The SMILES string of the molecule is C=C[C@H]1C[C@@H](c2ccoc2)Nc2ccccc21. The van der Waals surface area contributed by atoms with E-state index >= 15 is 0 Å². The lowest BCUT2D eigenvalue weighted by Gasteiger charge is -2.31. The number of fused-ring (bicyclic) bond motifs is 1. The fraction of sp³-hybridized carbons (Fsp3) is 0.200. The van der Waals surface area contributed by atoms with Crippen molar-refractivity contribution < 1.29 is 4.42 Å². The van der Waals surface area contributed by atoms with Crippen LogP contribution in [0.4, 0.5) is 5.69 Å². The Kier molecular flexibility index (Phi) is 2.48. The molecule has 2 heterocycles. The van der Waals surface area contributed by atoms with Gasteiger partial charge in [0.1, 0.15) is 0 Å². The van der Waals surface area contributed by atoms with Crippen molar-refractivity contribution in [3.63, 3.8) is 0 Å². The molecule has 3 rings (SSSR count). The molecule has 0 bridgehead atoms. The van der Waals surface area contributed by atoms with E-state index in [1.165, 1.54) is 16.8 Å². The molecule has 2 nitrogen and oxygen atoms in total. The predicted octanol–water partition coefficient (Wildman–Crippen LogP) is 4.11. The average Bonchev–Trinajstić information content (AvgIpc) is 2.91. The third kappa shape index (κ3) is 1.76. The molecule has 1 aromatic carbocycles. The van der Waals surface area contributed by atoms with Crippen LogP contribution in [0.3, 0.4) is 0 Å². The fourth-order valence-corrected chi connectivity index (χ4v) is 2.50. The fourth-order valence-electron chi connectivity index (χ4n) is 2.50. The molecule has 0 saturated carbocycles. The number of benzene rings is 1. The number of para-hydroxylation sites is 1. The van der Waals surface area contributed by atoms with Crippen LogP contribution in [0.5, 0.6) is 0 Å². The lowest BCUT2D eigenvalue weighted by molar-refractivity contribution is 0.552. The van der Waals surface area contributed by atoms with Gasteiger partial charge in [-0.2, -0.15) is 0 Å². The molecule has 0 unspecified atom stereocenters. The number of nitrogens with one attached hydrogen (secondary N) is 1. The van der Waals surface area contributed by atoms with E-state index in [9.17, 15) is 0 Å². The molecule has 2 atom stereocenters. The van der Waals surface area contributed by atoms with Crippen molar-refractivity contribution in [2.45, 2.75) is 18.4 Å². The van der Waals surface area contributed by atoms with Gasteiger partial charge >= 0.3 is 0 Å². The van der Waals surface area contributed by atoms with Crippen LogP contribution in [-0.4, -0.2) is 0 Å². The Hall–Kier alpha value is -1.96. The van der Waals surface area contributed by atoms with E-state index in [0.29, 0.717) is 12.0 Å². The summed E-state index contributed by atoms with van der Waals surface area (Å²) in [5, 5.41) is 3.56. The lowest BCUT2D eigenvalue weighted by atomic mass is 9.85. The molecule has 1 N–H and O–H groups in total. The third-order valence-corrected chi connectivity index (χ3v) is 3.41. The summed E-state index contributed by atoms with van der Waals surface area (Å²) < 4.78 is 5.16. The van der Waals surface area contributed by atoms with Crippen LogP contribution in [0.1, 0.15) is 29.5 Å². The van der Waals surface area contributed by atoms with Gasteiger partial charge in [0.15, 0.2) is 0 Å². The molecule has 0 radical (unpaired) electrons. The van der Waals surface area contributed by atoms with Crippen LogP contribution in [0, 0.1) is 0 Å². The maximum atomic E-state index is 5.16. The maximum Gasteiger partial charge on any atom is 0.0955 e. The molecule has 0 spiro atoms. The van der Waals surface area contributed by atoms with E-state index in [4.69, 9.17) is 4.42 Å². The smallest absolute Gasteiger partial charge is 0.0955 e. The van der Waals surface area contributed by atoms with E-state index < -0.39 is 0 Å². The quantitative estimate of drug-likeness (QED) is 0.778. The van der Waals surface area contributed by atoms with Crippen LogP contribution < -0.4 is 5.32 Å². The average molecular weight is 225 g/mol. The van der Waals surface area contributed by atoms with Crippen molar-refractivity contribution in [2.75, 3.05) is 5.32 Å². The molecule has 0 amide bonds. The highest BCUT2D eigenvalue weighted by Gasteiger charge is 2.25. The van der Waals surface area contributed by atoms with Gasteiger partial charge in [0.2, 0.25) is 0 Å². The summed E-state index contributed by atoms with van der Waals surface area (Å²) in [6.07, 6.45) is 6.60. The Morgan fingerprint density at radius 3 is 2.94 bits per heavy atom. The van der Waals surface area contributed by atoms with Crippen molar-refractivity contribution in [3.8, 4) is 0 Å². The van der Waals surface area contributed by atoms with E-state index in [1.807, 2.05) is 18.4 Å². The molecule has 2 heteroatoms. The van der Waals surface area contributed by atoms with Gasteiger partial charge in [-0.3, -0.25) is 0 Å². The normalized spacial score (nSPS) is 22.6. The monoisotopic (exact) mass is 225 g/mol. The minimum atomic E-state index is 0.312. The van der Waals surface area contributed by atoms with Crippen molar-refractivity contribution in [1.82, 2.24) is 0 Å². The van der Waals surface area contributed by atoms with Crippen LogP contribution in [0.15, 0.2) is 59.9 Å². The highest BCUT2D eigenvalue weighted by atomic mass is 16.3. The summed E-state index contributed by atoms with van der Waals surface area (Å²) in [7, 11) is 0. The molecule has 0 aliphatic carbocycles. The minimum absolute atomic E-state index is 0.312. The van der Waals surface area contributed by atoms with Gasteiger partial charge in [-0.25, -0.2) is 0 Å². The topological polar surface area (TPSA) is 25.2 Å². The number of hydrogen-bond donors (Lipinski definition) is 1. The summed E-state index contributed by atoms with van der Waals surface area (Å²) in [6.45, 7) is 3.95. The summed E-state index contributed by atoms with van der Waals surface area (Å²) >= 11 is 0. The summed E-state index contributed by atoms with van der Waals surface area (Å²) in [4.78, 5) is 0. The molecule has 1 aliphatic heterocycles. The molecule has 17 heavy (non-hydrogen) atoms. The van der Waals surface area contributed by atoms with Gasteiger partial charge in [0.25, 0.3) is 0 Å². The molecule has 0 fully saturated rings. The van der Waals surface area contributed by atoms with Crippen LogP contribution >= 0.6 is 0 Å². The Bertz CT molecular complexity index is 515. The lowest BCUT2D eigenvalue weighted by Crippen LogP contribution is -2.20.